The van der Waals surface area contributed by atoms with Gasteiger partial charge in [0.2, 0.25) is 0 Å². The van der Waals surface area contributed by atoms with E-state index in [0.717, 1.165) is 0 Å². The van der Waals surface area contributed by atoms with E-state index in [1.54, 1.807) is 0 Å². The first-order valence-corrected chi connectivity index (χ1v) is 14.1. The Morgan fingerprint density at radius 1 is 0.486 bits per heavy atom. The molecule has 0 unspecified atom stereocenters. The lowest BCUT2D eigenvalue weighted by Crippen LogP contribution is -1.86. The first-order valence-electron chi connectivity index (χ1n) is 13.2. The van der Waals surface area contributed by atoms with Crippen LogP contribution in [0.1, 0.15) is 31.2 Å². The van der Waals surface area contributed by atoms with Crippen LogP contribution in [0.25, 0.3) is 58.8 Å². The van der Waals surface area contributed by atoms with Crippen molar-refractivity contribution in [1.82, 2.24) is 0 Å². The maximum Gasteiger partial charge on any atom is 0.0355 e. The summed E-state index contributed by atoms with van der Waals surface area (Å²) in [5.74, 6) is 0. The predicted molar refractivity (Wildman–Crippen MR) is 163 cm³/mol. The molecular weight excluding hydrogens is 464 g/mol. The summed E-state index contributed by atoms with van der Waals surface area (Å²) in [5.41, 5.74) is 7.73. The lowest BCUT2D eigenvalue weighted by Gasteiger charge is -2.10. The van der Waals surface area contributed by atoms with Crippen molar-refractivity contribution >= 4 is 47.9 Å². The highest BCUT2D eigenvalue weighted by Gasteiger charge is 2.08. The van der Waals surface area contributed by atoms with Crippen molar-refractivity contribution in [2.45, 2.75) is 25.7 Å². The Morgan fingerprint density at radius 2 is 1.11 bits per heavy atom. The van der Waals surface area contributed by atoms with E-state index in [0.29, 0.717) is 0 Å². The monoisotopic (exact) mass is 492 g/mol. The minimum Gasteiger partial charge on any atom is -0.135 e. The molecule has 0 atom stereocenters. The molecule has 0 saturated carbocycles. The highest BCUT2D eigenvalue weighted by molar-refractivity contribution is 7.25. The lowest BCUT2D eigenvalue weighted by atomic mass is 9.95. The van der Waals surface area contributed by atoms with Crippen LogP contribution in [0.3, 0.4) is 0 Å². The van der Waals surface area contributed by atoms with E-state index >= 15 is 0 Å². The topological polar surface area (TPSA) is 0 Å². The summed E-state index contributed by atoms with van der Waals surface area (Å²) >= 11 is 1.87. The van der Waals surface area contributed by atoms with Crippen LogP contribution in [0, 0.1) is 0 Å². The summed E-state index contributed by atoms with van der Waals surface area (Å²) in [4.78, 5) is 0. The van der Waals surface area contributed by atoms with Gasteiger partial charge in [-0.25, -0.2) is 0 Å². The quantitative estimate of drug-likeness (QED) is 0.230. The molecule has 1 aromatic heterocycles. The van der Waals surface area contributed by atoms with E-state index in [9.17, 15) is 0 Å². The third-order valence-electron chi connectivity index (χ3n) is 7.59. The fraction of sp³-hybridized carbons (Fsp3) is 0.111. The van der Waals surface area contributed by atoms with Crippen LogP contribution in [0.4, 0.5) is 0 Å². The highest BCUT2D eigenvalue weighted by atomic mass is 32.1. The summed E-state index contributed by atoms with van der Waals surface area (Å²) in [6, 6.07) is 38.3. The molecule has 37 heavy (non-hydrogen) atoms. The van der Waals surface area contributed by atoms with Gasteiger partial charge >= 0.3 is 0 Å². The molecule has 6 aromatic rings. The molecule has 0 aliphatic heterocycles. The smallest absolute Gasteiger partial charge is 0.0355 e. The van der Waals surface area contributed by atoms with Gasteiger partial charge in [-0.2, -0.15) is 0 Å². The van der Waals surface area contributed by atoms with Gasteiger partial charge in [0.05, 0.1) is 0 Å². The largest absolute Gasteiger partial charge is 0.135 e. The fourth-order valence-corrected chi connectivity index (χ4v) is 6.61. The Labute approximate surface area is 222 Å². The summed E-state index contributed by atoms with van der Waals surface area (Å²) < 4.78 is 2.70. The first kappa shape index (κ1) is 22.3. The van der Waals surface area contributed by atoms with Gasteiger partial charge in [0, 0.05) is 20.2 Å². The molecule has 178 valence electrons. The molecule has 1 heterocycles. The molecule has 7 rings (SSSR count). The minimum absolute atomic E-state index is 1.17. The molecule has 0 spiro atoms. The third kappa shape index (κ3) is 4.30. The maximum absolute atomic E-state index is 2.39. The van der Waals surface area contributed by atoms with Gasteiger partial charge in [-0.3, -0.25) is 0 Å². The van der Waals surface area contributed by atoms with Gasteiger partial charge < -0.3 is 0 Å². The van der Waals surface area contributed by atoms with E-state index < -0.39 is 0 Å². The second-order valence-corrected chi connectivity index (χ2v) is 11.1. The normalized spacial score (nSPS) is 15.5. The van der Waals surface area contributed by atoms with Gasteiger partial charge in [0.15, 0.2) is 0 Å². The molecule has 1 aliphatic rings. The molecule has 5 aromatic carbocycles. The molecule has 0 bridgehead atoms. The Kier molecular flexibility index (Phi) is 5.72. The second kappa shape index (κ2) is 9.50. The van der Waals surface area contributed by atoms with E-state index in [1.807, 2.05) is 11.3 Å². The average Bonchev–Trinajstić information content (AvgIpc) is 3.30. The van der Waals surface area contributed by atoms with Crippen molar-refractivity contribution in [3.05, 3.63) is 127 Å². The lowest BCUT2D eigenvalue weighted by molar-refractivity contribution is 0.759. The number of fused-ring (bicyclic) bond motifs is 4. The molecule has 0 amide bonds. The van der Waals surface area contributed by atoms with Gasteiger partial charge in [0.25, 0.3) is 0 Å². The predicted octanol–water partition coefficient (Wildman–Crippen LogP) is 11.1. The average molecular weight is 493 g/mol. The number of hydrogen-bond donors (Lipinski definition) is 0. The van der Waals surface area contributed by atoms with E-state index in [-0.39, 0.29) is 0 Å². The number of allylic oxidation sites excluding steroid dienone is 4. The summed E-state index contributed by atoms with van der Waals surface area (Å²) in [7, 11) is 0. The summed E-state index contributed by atoms with van der Waals surface area (Å²) in [5, 5.41) is 5.25. The van der Waals surface area contributed by atoms with Crippen LogP contribution in [-0.4, -0.2) is 0 Å². The molecule has 0 radical (unpaired) electrons. The highest BCUT2D eigenvalue weighted by Crippen LogP contribution is 2.37. The van der Waals surface area contributed by atoms with Crippen LogP contribution in [-0.2, 0) is 0 Å². The Morgan fingerprint density at radius 3 is 1.95 bits per heavy atom. The SMILES string of the molecule is C1=C/C(c2ccc(-c3ccc4cc(-c5ccc6sc7ccccc7c6c5)ccc4c3)cc2)=C\CCCC1. The van der Waals surface area contributed by atoms with Crippen LogP contribution >= 0.6 is 11.3 Å². The maximum atomic E-state index is 2.39. The standard InChI is InChI=1S/C36H28S/c1-2-4-8-25(9-5-3-1)26-12-14-27(15-13-26)28-16-17-30-23-31(19-18-29(30)22-28)32-20-21-36-34(24-32)33-10-6-7-11-35(33)37-36/h4,6-24H,1-3,5H2/b8-4?,25-9+. The van der Waals surface area contributed by atoms with Crippen molar-refractivity contribution in [1.29, 1.82) is 0 Å². The van der Waals surface area contributed by atoms with Gasteiger partial charge in [-0.15, -0.1) is 11.3 Å². The first-order chi connectivity index (χ1) is 18.3. The molecule has 0 nitrogen and oxygen atoms in total. The zero-order valence-electron chi connectivity index (χ0n) is 20.8. The molecule has 1 aliphatic carbocycles. The van der Waals surface area contributed by atoms with E-state index in [2.05, 4.69) is 121 Å². The third-order valence-corrected chi connectivity index (χ3v) is 8.74. The van der Waals surface area contributed by atoms with E-state index in [4.69, 9.17) is 0 Å². The Balaban J connectivity index is 1.19. The van der Waals surface area contributed by atoms with Gasteiger partial charge in [0.1, 0.15) is 0 Å². The van der Waals surface area contributed by atoms with Crippen LogP contribution < -0.4 is 0 Å². The number of thiophene rings is 1. The molecular formula is C36H28S. The van der Waals surface area contributed by atoms with Crippen LogP contribution in [0.2, 0.25) is 0 Å². The van der Waals surface area contributed by atoms with Crippen molar-refractivity contribution < 1.29 is 0 Å². The number of benzene rings is 5. The zero-order chi connectivity index (χ0) is 24.6. The summed E-state index contributed by atoms with van der Waals surface area (Å²) in [6.07, 6.45) is 11.9. The number of hydrogen-bond acceptors (Lipinski definition) is 1. The van der Waals surface area contributed by atoms with E-state index in [1.165, 1.54) is 90.0 Å². The molecule has 1 heteroatoms. The fourth-order valence-electron chi connectivity index (χ4n) is 5.52. The van der Waals surface area contributed by atoms with Crippen molar-refractivity contribution in [3.63, 3.8) is 0 Å². The second-order valence-electron chi connectivity index (χ2n) is 10.0. The molecule has 0 N–H and O–H groups in total. The van der Waals surface area contributed by atoms with Crippen LogP contribution in [0.5, 0.6) is 0 Å². The Hall–Kier alpha value is -3.94. The summed E-state index contributed by atoms with van der Waals surface area (Å²) in [6.45, 7) is 0. The Bertz CT molecular complexity index is 1810. The minimum atomic E-state index is 1.17. The van der Waals surface area contributed by atoms with Crippen LogP contribution in [0.15, 0.2) is 121 Å². The van der Waals surface area contributed by atoms with Crippen molar-refractivity contribution in [2.24, 2.45) is 0 Å². The van der Waals surface area contributed by atoms with Gasteiger partial charge in [-0.05, 0) is 100 Å². The van der Waals surface area contributed by atoms with Crippen molar-refractivity contribution in [3.8, 4) is 22.3 Å². The van der Waals surface area contributed by atoms with Gasteiger partial charge in [-0.1, -0.05) is 91.0 Å². The zero-order valence-corrected chi connectivity index (χ0v) is 21.6. The molecule has 0 fully saturated rings. The number of rotatable bonds is 3. The van der Waals surface area contributed by atoms with Crippen molar-refractivity contribution in [2.75, 3.05) is 0 Å². The molecule has 0 saturated heterocycles.